The van der Waals surface area contributed by atoms with E-state index in [9.17, 15) is 19.5 Å². The maximum atomic E-state index is 13.6. The number of benzene rings is 4. The minimum Gasteiger partial charge on any atom is -0.497 e. The Balaban J connectivity index is 1.35. The van der Waals surface area contributed by atoms with Crippen LogP contribution < -0.4 is 25.4 Å². The Labute approximate surface area is 274 Å². The Hall–Kier alpha value is -5.29. The third kappa shape index (κ3) is 8.11. The van der Waals surface area contributed by atoms with Crippen molar-refractivity contribution in [3.8, 4) is 11.5 Å². The number of rotatable bonds is 8. The van der Waals surface area contributed by atoms with Gasteiger partial charge in [-0.3, -0.25) is 4.79 Å². The number of aliphatic hydroxyl groups excluding tert-OH is 1. The molecule has 1 aliphatic rings. The minimum atomic E-state index is -0.492. The van der Waals surface area contributed by atoms with Gasteiger partial charge in [0.1, 0.15) is 17.6 Å². The highest BCUT2D eigenvalue weighted by atomic mass is 16.5. The number of aliphatic hydroxyl groups is 1. The zero-order valence-electron chi connectivity index (χ0n) is 27.0. The lowest BCUT2D eigenvalue weighted by Gasteiger charge is -2.34. The Kier molecular flexibility index (Phi) is 10.5. The summed E-state index contributed by atoms with van der Waals surface area (Å²) in [5, 5.41) is 20.6. The van der Waals surface area contributed by atoms with Gasteiger partial charge in [-0.05, 0) is 60.8 Å². The highest BCUT2D eigenvalue weighted by molar-refractivity contribution is 6.06. The number of hydrogen-bond donors (Lipinski definition) is 4. The highest BCUT2D eigenvalue weighted by Crippen LogP contribution is 2.30. The van der Waals surface area contributed by atoms with Gasteiger partial charge in [0.05, 0.1) is 38.4 Å². The SMILES string of the molecule is COc1ccc(NC(=O)N(C)C[C@@H]2Oc3ccc(NC(=O)Nc4cccc5ccccc45)cc3CC(=O)N([C@H](C)CO)C[C@H]2C)cc1. The van der Waals surface area contributed by atoms with Crippen molar-refractivity contribution >= 4 is 45.8 Å². The van der Waals surface area contributed by atoms with E-state index in [0.717, 1.165) is 10.8 Å². The first-order chi connectivity index (χ1) is 22.6. The lowest BCUT2D eigenvalue weighted by atomic mass is 10.0. The van der Waals surface area contributed by atoms with Gasteiger partial charge >= 0.3 is 12.1 Å². The number of nitrogens with one attached hydrogen (secondary N) is 3. The molecule has 0 fully saturated rings. The van der Waals surface area contributed by atoms with Crippen LogP contribution in [0, 0.1) is 5.92 Å². The van der Waals surface area contributed by atoms with Crippen LogP contribution in [-0.2, 0) is 11.2 Å². The van der Waals surface area contributed by atoms with Crippen LogP contribution in [-0.4, -0.2) is 78.9 Å². The fraction of sp³-hybridized carbons (Fsp3) is 0.306. The van der Waals surface area contributed by atoms with E-state index in [-0.39, 0.29) is 37.4 Å². The standard InChI is InChI=1S/C36H41N5O6/c1-23-20-41(24(2)22-42)34(43)19-26-18-28(37-35(44)39-31-11-7-9-25-8-5-6-10-30(25)31)14-17-32(26)47-33(23)21-40(3)36(45)38-27-12-15-29(46-4)16-13-27/h5-18,23-24,33,42H,19-22H2,1-4H3,(H,38,45)(H2,37,39,44)/t23-,24-,33+/m1/s1. The van der Waals surface area contributed by atoms with Crippen LogP contribution in [0.5, 0.6) is 11.5 Å². The Morgan fingerprint density at radius 2 is 1.72 bits per heavy atom. The molecule has 47 heavy (non-hydrogen) atoms. The van der Waals surface area contributed by atoms with E-state index in [0.29, 0.717) is 40.7 Å². The van der Waals surface area contributed by atoms with Gasteiger partial charge in [0.25, 0.3) is 0 Å². The van der Waals surface area contributed by atoms with Crippen LogP contribution in [0.1, 0.15) is 19.4 Å². The Morgan fingerprint density at radius 3 is 2.47 bits per heavy atom. The number of likely N-dealkylation sites (N-methyl/N-ethyl adjacent to an activating group) is 1. The van der Waals surface area contributed by atoms with Crippen LogP contribution >= 0.6 is 0 Å². The molecule has 1 heterocycles. The van der Waals surface area contributed by atoms with Gasteiger partial charge in [0.2, 0.25) is 5.91 Å². The lowest BCUT2D eigenvalue weighted by Crippen LogP contribution is -2.48. The molecule has 5 amide bonds. The van der Waals surface area contributed by atoms with Crippen molar-refractivity contribution in [1.29, 1.82) is 0 Å². The van der Waals surface area contributed by atoms with E-state index < -0.39 is 18.2 Å². The first kappa shape index (κ1) is 33.1. The van der Waals surface area contributed by atoms with Crippen LogP contribution in [0.4, 0.5) is 26.7 Å². The topological polar surface area (TPSA) is 132 Å². The summed E-state index contributed by atoms with van der Waals surface area (Å²) >= 11 is 0. The second-order valence-corrected chi connectivity index (χ2v) is 11.9. The summed E-state index contributed by atoms with van der Waals surface area (Å²) in [4.78, 5) is 43.0. The van der Waals surface area contributed by atoms with Crippen molar-refractivity contribution in [1.82, 2.24) is 9.80 Å². The fourth-order valence-corrected chi connectivity index (χ4v) is 5.59. The van der Waals surface area contributed by atoms with Crippen LogP contribution in [0.25, 0.3) is 10.8 Å². The third-order valence-corrected chi connectivity index (χ3v) is 8.35. The Morgan fingerprint density at radius 1 is 1.00 bits per heavy atom. The molecule has 246 valence electrons. The Bertz CT molecular complexity index is 1720. The van der Waals surface area contributed by atoms with Gasteiger partial charge in [-0.15, -0.1) is 0 Å². The number of carbonyl (C=O) groups is 3. The van der Waals surface area contributed by atoms with Crippen molar-refractivity contribution in [2.75, 3.05) is 49.8 Å². The number of ether oxygens (including phenoxy) is 2. The molecule has 0 aromatic heterocycles. The van der Waals surface area contributed by atoms with Gasteiger partial charge in [-0.1, -0.05) is 43.3 Å². The van der Waals surface area contributed by atoms with Crippen molar-refractivity contribution in [3.63, 3.8) is 0 Å². The smallest absolute Gasteiger partial charge is 0.323 e. The molecule has 5 rings (SSSR count). The van der Waals surface area contributed by atoms with Crippen LogP contribution in [0.3, 0.4) is 0 Å². The van der Waals surface area contributed by atoms with E-state index >= 15 is 0 Å². The van der Waals surface area contributed by atoms with Gasteiger partial charge in [-0.25, -0.2) is 9.59 Å². The molecule has 0 bridgehead atoms. The van der Waals surface area contributed by atoms with Crippen LogP contribution in [0.2, 0.25) is 0 Å². The number of methoxy groups -OCH3 is 1. The normalized spacial score (nSPS) is 16.9. The average molecular weight is 640 g/mol. The number of anilines is 3. The molecule has 0 saturated heterocycles. The zero-order chi connectivity index (χ0) is 33.5. The molecular weight excluding hydrogens is 598 g/mol. The molecule has 1 aliphatic heterocycles. The largest absolute Gasteiger partial charge is 0.497 e. The van der Waals surface area contributed by atoms with Crippen molar-refractivity contribution in [3.05, 3.63) is 90.5 Å². The molecule has 0 radical (unpaired) electrons. The third-order valence-electron chi connectivity index (χ3n) is 8.35. The molecule has 3 atom stereocenters. The summed E-state index contributed by atoms with van der Waals surface area (Å²) in [7, 11) is 3.26. The van der Waals surface area contributed by atoms with Crippen molar-refractivity contribution in [2.24, 2.45) is 5.92 Å². The number of hydrogen-bond acceptors (Lipinski definition) is 6. The number of carbonyl (C=O) groups excluding carboxylic acids is 3. The van der Waals surface area contributed by atoms with E-state index in [1.54, 1.807) is 68.4 Å². The summed E-state index contributed by atoms with van der Waals surface area (Å²) in [6, 6.07) is 24.5. The van der Waals surface area contributed by atoms with Crippen molar-refractivity contribution in [2.45, 2.75) is 32.4 Å². The van der Waals surface area contributed by atoms with Gasteiger partial charge in [0.15, 0.2) is 0 Å². The molecule has 0 spiro atoms. The second-order valence-electron chi connectivity index (χ2n) is 11.9. The molecule has 11 nitrogen and oxygen atoms in total. The van der Waals surface area contributed by atoms with Crippen LogP contribution in [0.15, 0.2) is 84.9 Å². The van der Waals surface area contributed by atoms with Crippen molar-refractivity contribution < 1.29 is 29.0 Å². The average Bonchev–Trinajstić information content (AvgIpc) is 3.11. The van der Waals surface area contributed by atoms with Gasteiger partial charge in [-0.2, -0.15) is 0 Å². The quantitative estimate of drug-likeness (QED) is 0.193. The molecule has 4 aromatic rings. The highest BCUT2D eigenvalue weighted by Gasteiger charge is 2.32. The first-order valence-corrected chi connectivity index (χ1v) is 15.6. The lowest BCUT2D eigenvalue weighted by molar-refractivity contribution is -0.134. The molecule has 0 saturated carbocycles. The predicted octanol–water partition coefficient (Wildman–Crippen LogP) is 5.81. The monoisotopic (exact) mass is 639 g/mol. The molecule has 0 unspecified atom stereocenters. The number of urea groups is 2. The number of amides is 5. The summed E-state index contributed by atoms with van der Waals surface area (Å²) < 4.78 is 11.7. The van der Waals surface area contributed by atoms with E-state index in [1.165, 1.54) is 4.90 Å². The molecule has 4 N–H and O–H groups in total. The zero-order valence-corrected chi connectivity index (χ0v) is 27.0. The predicted molar refractivity (Wildman–Crippen MR) is 183 cm³/mol. The first-order valence-electron chi connectivity index (χ1n) is 15.6. The maximum Gasteiger partial charge on any atom is 0.323 e. The molecular formula is C36H41N5O6. The van der Waals surface area contributed by atoms with E-state index in [1.807, 2.05) is 49.4 Å². The minimum absolute atomic E-state index is 0.00731. The molecule has 4 aromatic carbocycles. The number of fused-ring (bicyclic) bond motifs is 2. The fourth-order valence-electron chi connectivity index (χ4n) is 5.59. The van der Waals surface area contributed by atoms with Gasteiger partial charge in [0, 0.05) is 41.8 Å². The summed E-state index contributed by atoms with van der Waals surface area (Å²) in [5.74, 6) is 0.798. The summed E-state index contributed by atoms with van der Waals surface area (Å²) in [5.41, 5.74) is 2.36. The van der Waals surface area contributed by atoms with Gasteiger partial charge < -0.3 is 40.3 Å². The van der Waals surface area contributed by atoms with E-state index in [2.05, 4.69) is 16.0 Å². The van der Waals surface area contributed by atoms with E-state index in [4.69, 9.17) is 9.47 Å². The summed E-state index contributed by atoms with van der Waals surface area (Å²) in [6.07, 6.45) is -0.485. The molecule has 0 aliphatic carbocycles. The molecule has 11 heteroatoms. The maximum absolute atomic E-state index is 13.6. The number of nitrogens with zero attached hydrogens (tertiary/aromatic N) is 2. The second kappa shape index (κ2) is 14.9. The summed E-state index contributed by atoms with van der Waals surface area (Å²) in [6.45, 7) is 4.11.